The van der Waals surface area contributed by atoms with E-state index in [0.29, 0.717) is 0 Å². The molecule has 0 bridgehead atoms. The van der Waals surface area contributed by atoms with Gasteiger partial charge in [0.25, 0.3) is 0 Å². The number of carboxylic acid groups (broad SMARTS) is 1. The Morgan fingerprint density at radius 1 is 1.03 bits per heavy atom. The summed E-state index contributed by atoms with van der Waals surface area (Å²) in [7, 11) is -2.03. The Balaban J connectivity index is 1.63. The first-order chi connectivity index (χ1) is 15.4. The molecular weight excluding hydrogens is 434 g/mol. The van der Waals surface area contributed by atoms with Gasteiger partial charge in [0.05, 0.1) is 0 Å². The van der Waals surface area contributed by atoms with Crippen molar-refractivity contribution in [3.05, 3.63) is 59.7 Å². The van der Waals surface area contributed by atoms with Crippen molar-refractivity contribution in [3.8, 4) is 11.1 Å². The van der Waals surface area contributed by atoms with Crippen LogP contribution in [0, 0.1) is 5.92 Å². The average Bonchev–Trinajstić information content (AvgIpc) is 3.07. The number of amides is 1. The summed E-state index contributed by atoms with van der Waals surface area (Å²) >= 11 is 0. The molecule has 6 nitrogen and oxygen atoms in total. The zero-order valence-corrected chi connectivity index (χ0v) is 21.3. The number of carbonyl (C=O) groups excluding carboxylic acids is 1. The van der Waals surface area contributed by atoms with Crippen molar-refractivity contribution in [1.29, 1.82) is 0 Å². The van der Waals surface area contributed by atoms with Crippen LogP contribution in [0.2, 0.25) is 18.1 Å². The molecule has 2 N–H and O–H groups in total. The standard InChI is InChI=1S/C26H35NO5Si/c1-17(15-32-33(5,6)26(2,3)4)23(24(28)29)27-25(30)31-16-22-20-13-9-7-11-18(20)19-12-8-10-14-21(19)22/h7-14,17,22-23H,15-16H2,1-6H3,(H,27,30)(H,28,29)/t17?,23-/m1/s1. The fraction of sp³-hybridized carbons (Fsp3) is 0.462. The fourth-order valence-electron chi connectivity index (χ4n) is 3.87. The monoisotopic (exact) mass is 469 g/mol. The van der Waals surface area contributed by atoms with Crippen molar-refractivity contribution in [2.24, 2.45) is 5.92 Å². The Bertz CT molecular complexity index is 968. The van der Waals surface area contributed by atoms with Crippen molar-refractivity contribution in [2.45, 2.75) is 57.8 Å². The molecule has 2 aromatic rings. The molecule has 1 unspecified atom stereocenters. The maximum Gasteiger partial charge on any atom is 0.407 e. The van der Waals surface area contributed by atoms with Crippen LogP contribution in [0.3, 0.4) is 0 Å². The first-order valence-electron chi connectivity index (χ1n) is 11.4. The molecule has 0 saturated carbocycles. The minimum atomic E-state index is -2.03. The normalized spacial score (nSPS) is 15.3. The van der Waals surface area contributed by atoms with Gasteiger partial charge in [0.1, 0.15) is 12.6 Å². The number of fused-ring (bicyclic) bond motifs is 3. The summed E-state index contributed by atoms with van der Waals surface area (Å²) in [5, 5.41) is 12.3. The smallest absolute Gasteiger partial charge is 0.407 e. The molecule has 178 valence electrons. The fourth-order valence-corrected chi connectivity index (χ4v) is 4.98. The van der Waals surface area contributed by atoms with Gasteiger partial charge in [-0.2, -0.15) is 0 Å². The van der Waals surface area contributed by atoms with Crippen molar-refractivity contribution < 1.29 is 23.9 Å². The predicted molar refractivity (Wildman–Crippen MR) is 132 cm³/mol. The van der Waals surface area contributed by atoms with E-state index in [-0.39, 0.29) is 24.2 Å². The van der Waals surface area contributed by atoms with E-state index in [1.54, 1.807) is 6.92 Å². The molecular formula is C26H35NO5Si. The van der Waals surface area contributed by atoms with Crippen LogP contribution in [-0.4, -0.2) is 44.7 Å². The van der Waals surface area contributed by atoms with E-state index < -0.39 is 32.3 Å². The molecule has 0 radical (unpaired) electrons. The topological polar surface area (TPSA) is 84.9 Å². The number of rotatable bonds is 8. The van der Waals surface area contributed by atoms with E-state index >= 15 is 0 Å². The molecule has 2 aromatic carbocycles. The van der Waals surface area contributed by atoms with Gasteiger partial charge in [0.15, 0.2) is 8.32 Å². The molecule has 0 saturated heterocycles. The highest BCUT2D eigenvalue weighted by atomic mass is 28.4. The van der Waals surface area contributed by atoms with Crippen LogP contribution in [0.1, 0.15) is 44.7 Å². The predicted octanol–water partition coefficient (Wildman–Crippen LogP) is 5.64. The van der Waals surface area contributed by atoms with Crippen LogP contribution in [0.4, 0.5) is 4.79 Å². The molecule has 33 heavy (non-hydrogen) atoms. The molecule has 0 aromatic heterocycles. The van der Waals surface area contributed by atoms with E-state index in [1.165, 1.54) is 0 Å². The third-order valence-corrected chi connectivity index (χ3v) is 11.5. The molecule has 7 heteroatoms. The van der Waals surface area contributed by atoms with E-state index in [9.17, 15) is 14.7 Å². The summed E-state index contributed by atoms with van der Waals surface area (Å²) in [6, 6.07) is 15.1. The third-order valence-electron chi connectivity index (χ3n) is 6.97. The molecule has 0 aliphatic heterocycles. The average molecular weight is 470 g/mol. The zero-order chi connectivity index (χ0) is 24.4. The molecule has 1 amide bonds. The second kappa shape index (κ2) is 9.69. The summed E-state index contributed by atoms with van der Waals surface area (Å²) in [6.07, 6.45) is -0.733. The number of carbonyl (C=O) groups is 2. The molecule has 1 aliphatic carbocycles. The van der Waals surface area contributed by atoms with Gasteiger partial charge >= 0.3 is 12.1 Å². The molecule has 2 atom stereocenters. The van der Waals surface area contributed by atoms with E-state index in [1.807, 2.05) is 36.4 Å². The van der Waals surface area contributed by atoms with Crippen molar-refractivity contribution in [3.63, 3.8) is 0 Å². The summed E-state index contributed by atoms with van der Waals surface area (Å²) in [5.74, 6) is -1.59. The third kappa shape index (κ3) is 5.47. The van der Waals surface area contributed by atoms with Crippen LogP contribution in [0.15, 0.2) is 48.5 Å². The summed E-state index contributed by atoms with van der Waals surface area (Å²) in [6.45, 7) is 12.8. The van der Waals surface area contributed by atoms with Crippen molar-refractivity contribution in [2.75, 3.05) is 13.2 Å². The number of hydrogen-bond acceptors (Lipinski definition) is 4. The number of carboxylic acids is 1. The van der Waals surface area contributed by atoms with Gasteiger partial charge in [0, 0.05) is 18.4 Å². The van der Waals surface area contributed by atoms with E-state index in [4.69, 9.17) is 9.16 Å². The highest BCUT2D eigenvalue weighted by Crippen LogP contribution is 2.44. The largest absolute Gasteiger partial charge is 0.480 e. The molecule has 0 heterocycles. The van der Waals surface area contributed by atoms with Crippen LogP contribution < -0.4 is 5.32 Å². The molecule has 0 spiro atoms. The Labute approximate surface area is 197 Å². The van der Waals surface area contributed by atoms with Gasteiger partial charge < -0.3 is 19.6 Å². The van der Waals surface area contributed by atoms with Crippen molar-refractivity contribution >= 4 is 20.4 Å². The summed E-state index contributed by atoms with van der Waals surface area (Å²) in [4.78, 5) is 24.4. The minimum absolute atomic E-state index is 0.0195. The van der Waals surface area contributed by atoms with Gasteiger partial charge in [0.2, 0.25) is 0 Å². The van der Waals surface area contributed by atoms with Crippen LogP contribution in [0.5, 0.6) is 0 Å². The van der Waals surface area contributed by atoms with Crippen LogP contribution in [-0.2, 0) is 14.0 Å². The van der Waals surface area contributed by atoms with Gasteiger partial charge in [-0.25, -0.2) is 9.59 Å². The van der Waals surface area contributed by atoms with E-state index in [0.717, 1.165) is 22.3 Å². The quantitative estimate of drug-likeness (QED) is 0.489. The van der Waals surface area contributed by atoms with E-state index in [2.05, 4.69) is 51.3 Å². The maximum atomic E-state index is 12.6. The highest BCUT2D eigenvalue weighted by Gasteiger charge is 2.38. The molecule has 3 rings (SSSR count). The summed E-state index contributed by atoms with van der Waals surface area (Å²) in [5.41, 5.74) is 4.50. The van der Waals surface area contributed by atoms with Gasteiger partial charge in [-0.15, -0.1) is 0 Å². The van der Waals surface area contributed by atoms with Crippen LogP contribution >= 0.6 is 0 Å². The van der Waals surface area contributed by atoms with Gasteiger partial charge in [-0.1, -0.05) is 76.2 Å². The Morgan fingerprint density at radius 3 is 2.03 bits per heavy atom. The Morgan fingerprint density at radius 2 is 1.55 bits per heavy atom. The molecule has 0 fully saturated rings. The first kappa shape index (κ1) is 25.0. The lowest BCUT2D eigenvalue weighted by molar-refractivity contribution is -0.141. The maximum absolute atomic E-state index is 12.6. The number of alkyl carbamates (subject to hydrolysis) is 1. The number of hydrogen-bond donors (Lipinski definition) is 2. The minimum Gasteiger partial charge on any atom is -0.480 e. The van der Waals surface area contributed by atoms with Gasteiger partial charge in [-0.05, 0) is 40.4 Å². The van der Waals surface area contributed by atoms with Crippen molar-refractivity contribution in [1.82, 2.24) is 5.32 Å². The van der Waals surface area contributed by atoms with Crippen LogP contribution in [0.25, 0.3) is 11.1 Å². The number of nitrogens with one attached hydrogen (secondary N) is 1. The lowest BCUT2D eigenvalue weighted by atomic mass is 9.98. The SMILES string of the molecule is CC(CO[Si](C)(C)C(C)(C)C)[C@@H](NC(=O)OCC1c2ccccc2-c2ccccc21)C(=O)O. The Hall–Kier alpha value is -2.64. The lowest BCUT2D eigenvalue weighted by Gasteiger charge is -2.37. The zero-order valence-electron chi connectivity index (χ0n) is 20.3. The highest BCUT2D eigenvalue weighted by molar-refractivity contribution is 6.74. The van der Waals surface area contributed by atoms with Gasteiger partial charge in [-0.3, -0.25) is 0 Å². The Kier molecular flexibility index (Phi) is 7.34. The molecule has 1 aliphatic rings. The number of aliphatic carboxylic acids is 1. The second-order valence-corrected chi connectivity index (χ2v) is 15.1. The number of ether oxygens (including phenoxy) is 1. The lowest BCUT2D eigenvalue weighted by Crippen LogP contribution is -2.49. The summed E-state index contributed by atoms with van der Waals surface area (Å²) < 4.78 is 11.7. The number of benzene rings is 2. The second-order valence-electron chi connectivity index (χ2n) is 10.3. The first-order valence-corrected chi connectivity index (χ1v) is 14.3.